The second kappa shape index (κ2) is 6.77. The van der Waals surface area contributed by atoms with Gasteiger partial charge in [-0.1, -0.05) is 29.8 Å². The van der Waals surface area contributed by atoms with E-state index in [4.69, 9.17) is 11.6 Å². The van der Waals surface area contributed by atoms with Crippen LogP contribution in [0.5, 0.6) is 0 Å². The number of carbonyl (C=O) groups excluding carboxylic acids is 1. The Kier molecular flexibility index (Phi) is 5.04. The Morgan fingerprint density at radius 2 is 1.75 bits per heavy atom. The van der Waals surface area contributed by atoms with Crippen molar-refractivity contribution in [2.45, 2.75) is 5.75 Å². The van der Waals surface area contributed by atoms with Crippen LogP contribution in [-0.2, 0) is 16.6 Å². The van der Waals surface area contributed by atoms with E-state index >= 15 is 0 Å². The number of ketones is 1. The van der Waals surface area contributed by atoms with Crippen LogP contribution in [0.4, 0.5) is 4.39 Å². The number of Topliss-reactive ketones (excluding diaryl/α,β-unsaturated/α-hetero) is 1. The number of hydrogen-bond donors (Lipinski definition) is 0. The summed E-state index contributed by atoms with van der Waals surface area (Å²) in [7, 11) is -1.34. The molecule has 1 unspecified atom stereocenters. The van der Waals surface area contributed by atoms with E-state index in [0.717, 1.165) is 5.56 Å². The molecule has 2 rings (SSSR count). The average Bonchev–Trinajstić information content (AvgIpc) is 2.42. The topological polar surface area (TPSA) is 34.1 Å². The number of hydrogen-bond acceptors (Lipinski definition) is 2. The third kappa shape index (κ3) is 3.99. The SMILES string of the molecule is O=C(CS(=O)Cc1ccccc1Cl)c1ccc(F)cc1. The molecule has 2 aromatic carbocycles. The van der Waals surface area contributed by atoms with Crippen molar-refractivity contribution in [2.24, 2.45) is 0 Å². The minimum Gasteiger partial charge on any atom is -0.293 e. The van der Waals surface area contributed by atoms with E-state index in [1.165, 1.54) is 24.3 Å². The van der Waals surface area contributed by atoms with Crippen LogP contribution in [0.1, 0.15) is 15.9 Å². The lowest BCUT2D eigenvalue weighted by Crippen LogP contribution is -2.12. The van der Waals surface area contributed by atoms with Crippen molar-refractivity contribution in [3.8, 4) is 0 Å². The van der Waals surface area contributed by atoms with Crippen LogP contribution in [0.15, 0.2) is 48.5 Å². The molecule has 2 aromatic rings. The fourth-order valence-electron chi connectivity index (χ4n) is 1.71. The Labute approximate surface area is 124 Å². The second-order valence-corrected chi connectivity index (χ2v) is 6.11. The first-order valence-electron chi connectivity index (χ1n) is 5.93. The third-order valence-corrected chi connectivity index (χ3v) is 4.32. The molecule has 0 spiro atoms. The summed E-state index contributed by atoms with van der Waals surface area (Å²) in [6.45, 7) is 0. The minimum absolute atomic E-state index is 0.100. The highest BCUT2D eigenvalue weighted by atomic mass is 35.5. The van der Waals surface area contributed by atoms with Gasteiger partial charge in [0.05, 0.1) is 11.5 Å². The van der Waals surface area contributed by atoms with Crippen LogP contribution in [0.2, 0.25) is 5.02 Å². The molecule has 0 saturated carbocycles. The smallest absolute Gasteiger partial charge is 0.175 e. The molecule has 0 aliphatic rings. The summed E-state index contributed by atoms with van der Waals surface area (Å²) in [5.41, 5.74) is 1.11. The molecule has 0 heterocycles. The maximum Gasteiger partial charge on any atom is 0.175 e. The summed E-state index contributed by atoms with van der Waals surface area (Å²) in [5.74, 6) is -0.544. The molecule has 5 heteroatoms. The molecule has 20 heavy (non-hydrogen) atoms. The Bertz CT molecular complexity index is 641. The molecule has 0 saturated heterocycles. The van der Waals surface area contributed by atoms with Crippen LogP contribution in [0.3, 0.4) is 0 Å². The molecule has 0 aliphatic carbocycles. The molecule has 0 aliphatic heterocycles. The van der Waals surface area contributed by atoms with Crippen LogP contribution < -0.4 is 0 Å². The largest absolute Gasteiger partial charge is 0.293 e. The van der Waals surface area contributed by atoms with Gasteiger partial charge in [0.15, 0.2) is 5.78 Å². The molecule has 0 fully saturated rings. The fourth-order valence-corrected chi connectivity index (χ4v) is 3.15. The lowest BCUT2D eigenvalue weighted by atomic mass is 10.1. The first-order valence-corrected chi connectivity index (χ1v) is 7.80. The van der Waals surface area contributed by atoms with Gasteiger partial charge in [0.2, 0.25) is 0 Å². The minimum atomic E-state index is -1.34. The van der Waals surface area contributed by atoms with E-state index in [9.17, 15) is 13.4 Å². The van der Waals surface area contributed by atoms with Crippen molar-refractivity contribution < 1.29 is 13.4 Å². The van der Waals surface area contributed by atoms with E-state index in [0.29, 0.717) is 10.6 Å². The van der Waals surface area contributed by atoms with Crippen molar-refractivity contribution in [2.75, 3.05) is 5.75 Å². The summed E-state index contributed by atoms with van der Waals surface area (Å²) in [4.78, 5) is 11.9. The van der Waals surface area contributed by atoms with Crippen molar-refractivity contribution in [1.29, 1.82) is 0 Å². The lowest BCUT2D eigenvalue weighted by Gasteiger charge is -2.04. The number of benzene rings is 2. The van der Waals surface area contributed by atoms with Gasteiger partial charge in [-0.25, -0.2) is 4.39 Å². The normalized spacial score (nSPS) is 12.1. The van der Waals surface area contributed by atoms with E-state index in [1.807, 2.05) is 0 Å². The Morgan fingerprint density at radius 1 is 1.10 bits per heavy atom. The molecule has 0 amide bonds. The predicted molar refractivity (Wildman–Crippen MR) is 78.9 cm³/mol. The highest BCUT2D eigenvalue weighted by Crippen LogP contribution is 2.17. The highest BCUT2D eigenvalue weighted by molar-refractivity contribution is 7.85. The zero-order valence-corrected chi connectivity index (χ0v) is 12.1. The van der Waals surface area contributed by atoms with Crippen LogP contribution in [-0.4, -0.2) is 15.7 Å². The number of halogens is 2. The maximum atomic E-state index is 12.8. The summed E-state index contributed by atoms with van der Waals surface area (Å²) in [6.07, 6.45) is 0. The summed E-state index contributed by atoms with van der Waals surface area (Å²) in [5, 5.41) is 0.537. The average molecular weight is 311 g/mol. The first-order chi connectivity index (χ1) is 9.56. The van der Waals surface area contributed by atoms with Gasteiger partial charge < -0.3 is 0 Å². The zero-order valence-electron chi connectivity index (χ0n) is 10.5. The quantitative estimate of drug-likeness (QED) is 0.791. The third-order valence-electron chi connectivity index (χ3n) is 2.73. The first kappa shape index (κ1) is 14.9. The Hall–Kier alpha value is -1.52. The lowest BCUT2D eigenvalue weighted by molar-refractivity contribution is 0.102. The monoisotopic (exact) mass is 310 g/mol. The van der Waals surface area contributed by atoms with Gasteiger partial charge >= 0.3 is 0 Å². The molecule has 0 N–H and O–H groups in total. The van der Waals surface area contributed by atoms with Crippen LogP contribution in [0, 0.1) is 5.82 Å². The van der Waals surface area contributed by atoms with E-state index in [1.54, 1.807) is 24.3 Å². The van der Waals surface area contributed by atoms with Crippen molar-refractivity contribution >= 4 is 28.2 Å². The Morgan fingerprint density at radius 3 is 2.40 bits per heavy atom. The van der Waals surface area contributed by atoms with Crippen molar-refractivity contribution in [1.82, 2.24) is 0 Å². The van der Waals surface area contributed by atoms with Gasteiger partial charge in [0.25, 0.3) is 0 Å². The van der Waals surface area contributed by atoms with Gasteiger partial charge in [0.1, 0.15) is 5.82 Å². The molecule has 1 atom stereocenters. The van der Waals surface area contributed by atoms with Crippen molar-refractivity contribution in [3.05, 3.63) is 70.5 Å². The Balaban J connectivity index is 2.00. The van der Waals surface area contributed by atoms with Gasteiger partial charge in [-0.3, -0.25) is 9.00 Å². The molecule has 0 aromatic heterocycles. The molecule has 0 bridgehead atoms. The number of rotatable bonds is 5. The van der Waals surface area contributed by atoms with Gasteiger partial charge in [-0.15, -0.1) is 0 Å². The number of carbonyl (C=O) groups is 1. The standard InChI is InChI=1S/C15H12ClFO2S/c16-14-4-2-1-3-12(14)9-20(19)10-15(18)11-5-7-13(17)8-6-11/h1-8H,9-10H2. The summed E-state index contributed by atoms with van der Waals surface area (Å²) < 4.78 is 24.7. The van der Waals surface area contributed by atoms with E-state index in [2.05, 4.69) is 0 Å². The van der Waals surface area contributed by atoms with Crippen molar-refractivity contribution in [3.63, 3.8) is 0 Å². The molecular weight excluding hydrogens is 299 g/mol. The van der Waals surface area contributed by atoms with Gasteiger partial charge in [-0.05, 0) is 35.9 Å². The maximum absolute atomic E-state index is 12.8. The molecule has 0 radical (unpaired) electrons. The predicted octanol–water partition coefficient (Wildman–Crippen LogP) is 3.61. The fraction of sp³-hybridized carbons (Fsp3) is 0.133. The highest BCUT2D eigenvalue weighted by Gasteiger charge is 2.12. The molecular formula is C15H12ClFO2S. The van der Waals surface area contributed by atoms with Crippen LogP contribution in [0.25, 0.3) is 0 Å². The van der Waals surface area contributed by atoms with E-state index in [-0.39, 0.29) is 17.3 Å². The van der Waals surface area contributed by atoms with Gasteiger partial charge in [-0.2, -0.15) is 0 Å². The van der Waals surface area contributed by atoms with Gasteiger partial charge in [0, 0.05) is 21.4 Å². The zero-order chi connectivity index (χ0) is 14.5. The van der Waals surface area contributed by atoms with E-state index < -0.39 is 16.6 Å². The molecule has 2 nitrogen and oxygen atoms in total. The molecule has 104 valence electrons. The van der Waals surface area contributed by atoms with Crippen LogP contribution >= 0.6 is 11.6 Å². The summed E-state index contributed by atoms with van der Waals surface area (Å²) >= 11 is 5.98. The second-order valence-electron chi connectivity index (χ2n) is 4.25. The summed E-state index contributed by atoms with van der Waals surface area (Å²) in [6, 6.07) is 12.3.